The van der Waals surface area contributed by atoms with Crippen molar-refractivity contribution in [2.45, 2.75) is 12.8 Å². The van der Waals surface area contributed by atoms with E-state index in [0.29, 0.717) is 5.84 Å². The minimum Gasteiger partial charge on any atom is -0.321 e. The quantitative estimate of drug-likeness (QED) is 0.196. The van der Waals surface area contributed by atoms with Gasteiger partial charge < -0.3 is 5.84 Å². The van der Waals surface area contributed by atoms with Gasteiger partial charge in [-0.1, -0.05) is 91.0 Å². The molecule has 1 aliphatic rings. The van der Waals surface area contributed by atoms with E-state index in [1.807, 2.05) is 18.2 Å². The number of hydrogen-bond acceptors (Lipinski definition) is 2. The third-order valence-corrected chi connectivity index (χ3v) is 5.69. The molecule has 0 fully saturated rings. The Labute approximate surface area is 182 Å². The van der Waals surface area contributed by atoms with E-state index < -0.39 is 0 Å². The number of amidine groups is 1. The van der Waals surface area contributed by atoms with Crippen molar-refractivity contribution in [2.75, 3.05) is 0 Å². The van der Waals surface area contributed by atoms with Crippen molar-refractivity contribution in [3.8, 4) is 0 Å². The fraction of sp³-hybridized carbons (Fsp3) is 0.0714. The highest BCUT2D eigenvalue weighted by Gasteiger charge is 2.13. The zero-order chi connectivity index (χ0) is 21.0. The molecule has 0 amide bonds. The molecule has 31 heavy (non-hydrogen) atoms. The molecule has 3 nitrogen and oxygen atoms in total. The first-order valence-corrected chi connectivity index (χ1v) is 10.5. The molecule has 0 unspecified atom stereocenters. The van der Waals surface area contributed by atoms with Crippen LogP contribution in [-0.2, 0) is 6.42 Å². The van der Waals surface area contributed by atoms with Crippen LogP contribution in [0.5, 0.6) is 0 Å². The van der Waals surface area contributed by atoms with Gasteiger partial charge in [0.1, 0.15) is 0 Å². The van der Waals surface area contributed by atoms with Crippen molar-refractivity contribution < 1.29 is 0 Å². The van der Waals surface area contributed by atoms with Crippen molar-refractivity contribution in [2.24, 2.45) is 15.9 Å². The van der Waals surface area contributed by atoms with E-state index in [-0.39, 0.29) is 0 Å². The summed E-state index contributed by atoms with van der Waals surface area (Å²) in [5, 5.41) is 6.44. The predicted molar refractivity (Wildman–Crippen MR) is 131 cm³/mol. The van der Waals surface area contributed by atoms with Crippen LogP contribution in [0.3, 0.4) is 0 Å². The molecular weight excluding hydrogens is 378 g/mol. The molecule has 0 spiro atoms. The van der Waals surface area contributed by atoms with Gasteiger partial charge in [0.2, 0.25) is 0 Å². The molecule has 1 aliphatic carbocycles. The number of fused-ring (bicyclic) bond motifs is 2. The summed E-state index contributed by atoms with van der Waals surface area (Å²) in [6, 6.07) is 31.3. The summed E-state index contributed by atoms with van der Waals surface area (Å²) in [6.07, 6.45) is 6.53. The second-order valence-corrected chi connectivity index (χ2v) is 7.70. The molecule has 0 bridgehead atoms. The number of hydrazone groups is 1. The lowest BCUT2D eigenvalue weighted by Crippen LogP contribution is -2.11. The number of nitrogens with zero attached hydrogens (tertiary/aromatic N) is 2. The molecule has 0 heterocycles. The van der Waals surface area contributed by atoms with Crippen molar-refractivity contribution in [1.29, 1.82) is 0 Å². The first-order valence-electron chi connectivity index (χ1n) is 10.5. The molecule has 0 saturated carbocycles. The van der Waals surface area contributed by atoms with E-state index >= 15 is 0 Å². The number of allylic oxidation sites excluding steroid dienone is 1. The van der Waals surface area contributed by atoms with Crippen LogP contribution in [0.15, 0.2) is 107 Å². The van der Waals surface area contributed by atoms with Gasteiger partial charge in [-0.05, 0) is 46.9 Å². The number of rotatable bonds is 3. The minimum atomic E-state index is 0.522. The van der Waals surface area contributed by atoms with Gasteiger partial charge in [-0.25, -0.2) is 4.99 Å². The summed E-state index contributed by atoms with van der Waals surface area (Å²) in [6.45, 7) is 0. The Kier molecular flexibility index (Phi) is 5.16. The highest BCUT2D eigenvalue weighted by molar-refractivity contribution is 6.20. The maximum Gasteiger partial charge on any atom is 0.179 e. The molecule has 0 aromatic heterocycles. The smallest absolute Gasteiger partial charge is 0.179 e. The molecule has 4 aromatic carbocycles. The predicted octanol–water partition coefficient (Wildman–Crippen LogP) is 5.96. The molecule has 150 valence electrons. The number of hydrogen-bond donors (Lipinski definition) is 1. The van der Waals surface area contributed by atoms with Crippen LogP contribution < -0.4 is 5.84 Å². The monoisotopic (exact) mass is 401 g/mol. The molecule has 5 rings (SSSR count). The minimum absolute atomic E-state index is 0.522. The van der Waals surface area contributed by atoms with Crippen LogP contribution in [0.25, 0.3) is 16.8 Å². The molecule has 2 N–H and O–H groups in total. The Morgan fingerprint density at radius 2 is 1.48 bits per heavy atom. The van der Waals surface area contributed by atoms with Crippen LogP contribution in [0, 0.1) is 0 Å². The summed E-state index contributed by atoms with van der Waals surface area (Å²) in [7, 11) is 0. The lowest BCUT2D eigenvalue weighted by atomic mass is 9.95. The van der Waals surface area contributed by atoms with E-state index in [9.17, 15) is 0 Å². The van der Waals surface area contributed by atoms with Gasteiger partial charge in [-0.3, -0.25) is 0 Å². The van der Waals surface area contributed by atoms with Gasteiger partial charge in [0.25, 0.3) is 0 Å². The van der Waals surface area contributed by atoms with E-state index in [1.165, 1.54) is 21.9 Å². The Morgan fingerprint density at radius 1 is 0.710 bits per heavy atom. The van der Waals surface area contributed by atoms with Crippen LogP contribution in [0.2, 0.25) is 0 Å². The van der Waals surface area contributed by atoms with Gasteiger partial charge in [0.05, 0.1) is 5.71 Å². The van der Waals surface area contributed by atoms with Gasteiger partial charge in [0.15, 0.2) is 5.84 Å². The standard InChI is InChI=1S/C28H23N3/c29-31-28(26-17-15-21-9-5-7-13-24(21)19-26)30-27(22-10-2-1-3-11-22)25-16-14-20-8-4-6-12-23(20)18-25/h1-4,6-8,10-19H,5,9,29H2/b30-27?,31-28-. The summed E-state index contributed by atoms with van der Waals surface area (Å²) in [5.74, 6) is 6.36. The van der Waals surface area contributed by atoms with Gasteiger partial charge in [-0.2, -0.15) is 5.10 Å². The normalized spacial score (nSPS) is 13.9. The molecular formula is C28H23N3. The number of aryl methyl sites for hydroxylation is 1. The van der Waals surface area contributed by atoms with Crippen molar-refractivity contribution >= 4 is 28.4 Å². The van der Waals surface area contributed by atoms with Crippen LogP contribution >= 0.6 is 0 Å². The maximum atomic E-state index is 5.84. The highest BCUT2D eigenvalue weighted by atomic mass is 15.2. The van der Waals surface area contributed by atoms with Gasteiger partial charge in [0, 0.05) is 16.7 Å². The Bertz CT molecular complexity index is 1330. The average molecular weight is 402 g/mol. The number of benzene rings is 4. The highest BCUT2D eigenvalue weighted by Crippen LogP contribution is 2.23. The Hall–Kier alpha value is -3.98. The topological polar surface area (TPSA) is 50.7 Å². The SMILES string of the molecule is N/N=C(\N=C(c1ccccc1)c1ccc2ccccc2c1)c1ccc2c(c1)C=CCC2. The summed E-state index contributed by atoms with van der Waals surface area (Å²) >= 11 is 0. The molecule has 3 heteroatoms. The fourth-order valence-electron chi connectivity index (χ4n) is 4.07. The first kappa shape index (κ1) is 19.0. The lowest BCUT2D eigenvalue weighted by Gasteiger charge is -2.13. The fourth-order valence-corrected chi connectivity index (χ4v) is 4.07. The molecule has 0 aliphatic heterocycles. The second kappa shape index (κ2) is 8.41. The van der Waals surface area contributed by atoms with Crippen molar-refractivity contribution in [3.05, 3.63) is 125 Å². The molecule has 4 aromatic rings. The van der Waals surface area contributed by atoms with Crippen molar-refractivity contribution in [1.82, 2.24) is 0 Å². The van der Waals surface area contributed by atoms with Crippen molar-refractivity contribution in [3.63, 3.8) is 0 Å². The van der Waals surface area contributed by atoms with E-state index in [4.69, 9.17) is 10.8 Å². The van der Waals surface area contributed by atoms with Crippen LogP contribution in [0.1, 0.15) is 34.2 Å². The summed E-state index contributed by atoms with van der Waals surface area (Å²) in [5.41, 5.74) is 6.39. The lowest BCUT2D eigenvalue weighted by molar-refractivity contribution is 0.985. The number of nitrogens with two attached hydrogens (primary N) is 1. The molecule has 0 saturated heterocycles. The zero-order valence-electron chi connectivity index (χ0n) is 17.2. The largest absolute Gasteiger partial charge is 0.321 e. The van der Waals surface area contributed by atoms with Gasteiger partial charge >= 0.3 is 0 Å². The Morgan fingerprint density at radius 3 is 2.32 bits per heavy atom. The van der Waals surface area contributed by atoms with Crippen LogP contribution in [-0.4, -0.2) is 11.5 Å². The van der Waals surface area contributed by atoms with E-state index in [0.717, 1.165) is 35.2 Å². The maximum absolute atomic E-state index is 5.84. The summed E-state index contributed by atoms with van der Waals surface area (Å²) < 4.78 is 0. The first-order chi connectivity index (χ1) is 15.3. The summed E-state index contributed by atoms with van der Waals surface area (Å²) in [4.78, 5) is 4.98. The van der Waals surface area contributed by atoms with Gasteiger partial charge in [-0.15, -0.1) is 0 Å². The molecule has 0 radical (unpaired) electrons. The number of aliphatic imine (C=N–C) groups is 1. The zero-order valence-corrected chi connectivity index (χ0v) is 17.2. The third-order valence-electron chi connectivity index (χ3n) is 5.69. The second-order valence-electron chi connectivity index (χ2n) is 7.70. The third kappa shape index (κ3) is 3.90. The van der Waals surface area contributed by atoms with Crippen LogP contribution in [0.4, 0.5) is 0 Å². The Balaban J connectivity index is 1.64. The molecule has 0 atom stereocenters. The van der Waals surface area contributed by atoms with E-state index in [2.05, 4.69) is 90.0 Å². The van der Waals surface area contributed by atoms with E-state index in [1.54, 1.807) is 0 Å². The average Bonchev–Trinajstić information content (AvgIpc) is 2.85.